The van der Waals surface area contributed by atoms with Crippen LogP contribution >= 0.6 is 11.6 Å². The van der Waals surface area contributed by atoms with Crippen LogP contribution in [-0.2, 0) is 6.54 Å². The first-order chi connectivity index (χ1) is 8.08. The Kier molecular flexibility index (Phi) is 3.52. The Hall–Kier alpha value is -1.29. The van der Waals surface area contributed by atoms with E-state index in [1.54, 1.807) is 12.1 Å². The fourth-order valence-electron chi connectivity index (χ4n) is 1.57. The number of hydrogen-bond acceptors (Lipinski definition) is 1. The summed E-state index contributed by atoms with van der Waals surface area (Å²) in [7, 11) is 1.94. The molecular formula is C12H15ClFN3. The van der Waals surface area contributed by atoms with Gasteiger partial charge in [-0.1, -0.05) is 17.7 Å². The Morgan fingerprint density at radius 3 is 2.88 bits per heavy atom. The molecule has 92 valence electrons. The summed E-state index contributed by atoms with van der Waals surface area (Å²) in [6, 6.07) is 5.11. The van der Waals surface area contributed by atoms with Crippen molar-refractivity contribution in [2.45, 2.75) is 25.4 Å². The second-order valence-corrected chi connectivity index (χ2v) is 4.67. The maximum absolute atomic E-state index is 12.9. The number of guanidine groups is 1. The second kappa shape index (κ2) is 4.92. The van der Waals surface area contributed by atoms with Crippen molar-refractivity contribution in [2.75, 3.05) is 7.05 Å². The van der Waals surface area contributed by atoms with Gasteiger partial charge in [-0.15, -0.1) is 0 Å². The lowest BCUT2D eigenvalue weighted by Crippen LogP contribution is -2.35. The number of nitrogens with zero attached hydrogens (tertiary/aromatic N) is 2. The van der Waals surface area contributed by atoms with Gasteiger partial charge in [0.25, 0.3) is 0 Å². The summed E-state index contributed by atoms with van der Waals surface area (Å²) in [5.41, 5.74) is 6.69. The summed E-state index contributed by atoms with van der Waals surface area (Å²) in [5, 5.41) is 0.117. The van der Waals surface area contributed by atoms with E-state index in [1.165, 1.54) is 18.9 Å². The van der Waals surface area contributed by atoms with Crippen LogP contribution in [-0.4, -0.2) is 23.9 Å². The first-order valence-corrected chi connectivity index (χ1v) is 5.92. The van der Waals surface area contributed by atoms with Gasteiger partial charge < -0.3 is 10.6 Å². The quantitative estimate of drug-likeness (QED) is 0.666. The van der Waals surface area contributed by atoms with E-state index in [0.29, 0.717) is 18.5 Å². The van der Waals surface area contributed by atoms with E-state index >= 15 is 0 Å². The van der Waals surface area contributed by atoms with Gasteiger partial charge >= 0.3 is 0 Å². The van der Waals surface area contributed by atoms with E-state index < -0.39 is 5.82 Å². The fraction of sp³-hybridized carbons (Fsp3) is 0.417. The molecule has 1 fully saturated rings. The lowest BCUT2D eigenvalue weighted by molar-refractivity contribution is 0.487. The summed E-state index contributed by atoms with van der Waals surface area (Å²) in [5.74, 6) is 0.107. The van der Waals surface area contributed by atoms with Crippen LogP contribution in [0.15, 0.2) is 23.2 Å². The van der Waals surface area contributed by atoms with Gasteiger partial charge in [-0.25, -0.2) is 9.38 Å². The third kappa shape index (κ3) is 3.09. The molecule has 0 amide bonds. The zero-order valence-electron chi connectivity index (χ0n) is 9.66. The van der Waals surface area contributed by atoms with Crippen molar-refractivity contribution in [3.05, 3.63) is 34.6 Å². The smallest absolute Gasteiger partial charge is 0.191 e. The van der Waals surface area contributed by atoms with Crippen molar-refractivity contribution >= 4 is 17.6 Å². The number of hydrogen-bond donors (Lipinski definition) is 1. The molecule has 17 heavy (non-hydrogen) atoms. The van der Waals surface area contributed by atoms with Gasteiger partial charge in [-0.2, -0.15) is 0 Å². The Morgan fingerprint density at radius 2 is 2.29 bits per heavy atom. The molecule has 1 saturated carbocycles. The third-order valence-corrected chi connectivity index (χ3v) is 3.15. The van der Waals surface area contributed by atoms with Crippen molar-refractivity contribution in [3.63, 3.8) is 0 Å². The van der Waals surface area contributed by atoms with Crippen LogP contribution in [0.4, 0.5) is 4.39 Å². The van der Waals surface area contributed by atoms with Gasteiger partial charge in [-0.05, 0) is 30.5 Å². The van der Waals surface area contributed by atoms with E-state index in [-0.39, 0.29) is 5.02 Å². The Bertz CT molecular complexity index is 443. The molecule has 2 rings (SSSR count). The average molecular weight is 256 g/mol. The monoisotopic (exact) mass is 255 g/mol. The van der Waals surface area contributed by atoms with E-state index in [0.717, 1.165) is 5.56 Å². The number of halogens is 2. The maximum Gasteiger partial charge on any atom is 0.191 e. The van der Waals surface area contributed by atoms with Crippen LogP contribution in [0, 0.1) is 5.82 Å². The molecule has 0 radical (unpaired) electrons. The number of rotatable bonds is 3. The minimum atomic E-state index is -0.414. The molecule has 0 unspecified atom stereocenters. The zero-order chi connectivity index (χ0) is 12.4. The number of benzene rings is 1. The van der Waals surface area contributed by atoms with Crippen molar-refractivity contribution in [1.29, 1.82) is 0 Å². The Balaban J connectivity index is 2.00. The second-order valence-electron chi connectivity index (χ2n) is 4.26. The van der Waals surface area contributed by atoms with Crippen molar-refractivity contribution in [2.24, 2.45) is 10.7 Å². The Morgan fingerprint density at radius 1 is 1.59 bits per heavy atom. The lowest BCUT2D eigenvalue weighted by Gasteiger charge is -2.16. The van der Waals surface area contributed by atoms with Gasteiger partial charge in [0.15, 0.2) is 5.96 Å². The average Bonchev–Trinajstić information content (AvgIpc) is 3.13. The van der Waals surface area contributed by atoms with E-state index in [2.05, 4.69) is 4.99 Å². The standard InChI is InChI=1S/C12H15ClFN3/c1-17(9-3-4-9)12(15)16-7-8-2-5-11(14)10(13)6-8/h2,5-6,9H,3-4,7H2,1H3,(H2,15,16). The van der Waals surface area contributed by atoms with Crippen LogP contribution < -0.4 is 5.73 Å². The first kappa shape index (κ1) is 12.2. The van der Waals surface area contributed by atoms with Gasteiger partial charge in [0.2, 0.25) is 0 Å². The van der Waals surface area contributed by atoms with Gasteiger partial charge in [0.1, 0.15) is 5.82 Å². The highest BCUT2D eigenvalue weighted by atomic mass is 35.5. The predicted octanol–water partition coefficient (Wildman–Crippen LogP) is 2.39. The van der Waals surface area contributed by atoms with Crippen LogP contribution in [0.1, 0.15) is 18.4 Å². The molecule has 1 aliphatic carbocycles. The minimum absolute atomic E-state index is 0.117. The highest BCUT2D eigenvalue weighted by Gasteiger charge is 2.27. The molecule has 2 N–H and O–H groups in total. The van der Waals surface area contributed by atoms with E-state index in [4.69, 9.17) is 17.3 Å². The molecule has 0 saturated heterocycles. The van der Waals surface area contributed by atoms with Gasteiger partial charge in [0.05, 0.1) is 11.6 Å². The minimum Gasteiger partial charge on any atom is -0.370 e. The summed E-state index contributed by atoms with van der Waals surface area (Å²) in [6.07, 6.45) is 2.35. The van der Waals surface area contributed by atoms with E-state index in [1.807, 2.05) is 11.9 Å². The molecule has 0 bridgehead atoms. The van der Waals surface area contributed by atoms with Crippen LogP contribution in [0.25, 0.3) is 0 Å². The topological polar surface area (TPSA) is 41.6 Å². The normalized spacial score (nSPS) is 16.1. The highest BCUT2D eigenvalue weighted by molar-refractivity contribution is 6.30. The molecule has 0 heterocycles. The maximum atomic E-state index is 12.9. The van der Waals surface area contributed by atoms with Gasteiger partial charge in [-0.3, -0.25) is 0 Å². The Labute approximate surface area is 105 Å². The SMILES string of the molecule is CN(C(N)=NCc1ccc(F)c(Cl)c1)C1CC1. The van der Waals surface area contributed by atoms with Crippen molar-refractivity contribution in [1.82, 2.24) is 4.90 Å². The van der Waals surface area contributed by atoms with Crippen molar-refractivity contribution < 1.29 is 4.39 Å². The molecule has 0 spiro atoms. The lowest BCUT2D eigenvalue weighted by atomic mass is 10.2. The summed E-state index contributed by atoms with van der Waals surface area (Å²) in [4.78, 5) is 6.24. The molecule has 0 atom stereocenters. The van der Waals surface area contributed by atoms with Crippen LogP contribution in [0.2, 0.25) is 5.02 Å². The summed E-state index contributed by atoms with van der Waals surface area (Å²) in [6.45, 7) is 0.420. The molecule has 1 aromatic carbocycles. The molecular weight excluding hydrogens is 241 g/mol. The van der Waals surface area contributed by atoms with Crippen molar-refractivity contribution in [3.8, 4) is 0 Å². The van der Waals surface area contributed by atoms with Crippen LogP contribution in [0.3, 0.4) is 0 Å². The fourth-order valence-corrected chi connectivity index (χ4v) is 1.77. The zero-order valence-corrected chi connectivity index (χ0v) is 10.4. The summed E-state index contributed by atoms with van der Waals surface area (Å²) >= 11 is 5.69. The number of aliphatic imine (C=N–C) groups is 1. The largest absolute Gasteiger partial charge is 0.370 e. The molecule has 3 nitrogen and oxygen atoms in total. The molecule has 5 heteroatoms. The van der Waals surface area contributed by atoms with E-state index in [9.17, 15) is 4.39 Å². The summed E-state index contributed by atoms with van der Waals surface area (Å²) < 4.78 is 12.9. The van der Waals surface area contributed by atoms with Gasteiger partial charge in [0, 0.05) is 13.1 Å². The van der Waals surface area contributed by atoms with Crippen LogP contribution in [0.5, 0.6) is 0 Å². The molecule has 1 aromatic rings. The first-order valence-electron chi connectivity index (χ1n) is 5.54. The molecule has 0 aliphatic heterocycles. The predicted molar refractivity (Wildman–Crippen MR) is 67.5 cm³/mol. The number of nitrogens with two attached hydrogens (primary N) is 1. The third-order valence-electron chi connectivity index (χ3n) is 2.86. The molecule has 1 aliphatic rings. The highest BCUT2D eigenvalue weighted by Crippen LogP contribution is 2.25. The molecule has 0 aromatic heterocycles.